The molecule has 1 aliphatic heterocycles. The summed E-state index contributed by atoms with van der Waals surface area (Å²) < 4.78 is 33.0. The molecule has 7 heteroatoms. The van der Waals surface area contributed by atoms with Crippen LogP contribution < -0.4 is 0 Å². The highest BCUT2D eigenvalue weighted by molar-refractivity contribution is 7.89. The van der Waals surface area contributed by atoms with Crippen molar-refractivity contribution >= 4 is 16.1 Å². The highest BCUT2D eigenvalue weighted by Crippen LogP contribution is 2.43. The van der Waals surface area contributed by atoms with Crippen LogP contribution in [-0.4, -0.2) is 55.0 Å². The number of amides is 1. The third kappa shape index (κ3) is 3.60. The van der Waals surface area contributed by atoms with Crippen LogP contribution in [0, 0.1) is 12.8 Å². The van der Waals surface area contributed by atoms with Crippen molar-refractivity contribution in [2.75, 3.05) is 13.6 Å². The van der Waals surface area contributed by atoms with Crippen molar-refractivity contribution in [2.45, 2.75) is 63.1 Å². The van der Waals surface area contributed by atoms with Gasteiger partial charge in [-0.25, -0.2) is 13.2 Å². The molecule has 2 fully saturated rings. The average molecular weight is 381 g/mol. The molecule has 1 saturated carbocycles. The minimum Gasteiger partial charge on any atom is -0.444 e. The molecular formula is C19H28N2O4S. The predicted molar refractivity (Wildman–Crippen MR) is 99.4 cm³/mol. The second-order valence-corrected chi connectivity index (χ2v) is 10.3. The minimum atomic E-state index is -3.49. The molecule has 2 aliphatic rings. The van der Waals surface area contributed by atoms with Gasteiger partial charge in [-0.3, -0.25) is 0 Å². The standard InChI is InChI=1S/C19H28N2O4S/c1-13-6-8-16(9-7-13)26(23,24)21-12-14-10-15(21)11-17(14)20(5)18(22)25-19(2,3)4/h6-9,14-15,17H,10-12H2,1-5H3/t14-,15-,17?/m1/s1. The number of sulfonamides is 1. The van der Waals surface area contributed by atoms with Gasteiger partial charge in [-0.2, -0.15) is 4.31 Å². The Kier molecular flexibility index (Phi) is 4.82. The zero-order chi connectivity index (χ0) is 19.3. The van der Waals surface area contributed by atoms with Gasteiger partial charge in [-0.05, 0) is 58.6 Å². The normalized spacial score (nSPS) is 26.1. The predicted octanol–water partition coefficient (Wildman–Crippen LogP) is 3.01. The van der Waals surface area contributed by atoms with E-state index >= 15 is 0 Å². The van der Waals surface area contributed by atoms with Crippen LogP contribution in [0.2, 0.25) is 0 Å². The molecule has 3 atom stereocenters. The first-order valence-electron chi connectivity index (χ1n) is 9.03. The average Bonchev–Trinajstić information content (AvgIpc) is 3.13. The summed E-state index contributed by atoms with van der Waals surface area (Å²) in [5, 5.41) is 0. The van der Waals surface area contributed by atoms with Crippen molar-refractivity contribution < 1.29 is 17.9 Å². The van der Waals surface area contributed by atoms with Crippen LogP contribution in [0.1, 0.15) is 39.2 Å². The summed E-state index contributed by atoms with van der Waals surface area (Å²) in [6.45, 7) is 7.92. The van der Waals surface area contributed by atoms with Gasteiger partial charge in [0, 0.05) is 25.7 Å². The van der Waals surface area contributed by atoms with Crippen molar-refractivity contribution in [3.8, 4) is 0 Å². The molecular weight excluding hydrogens is 352 g/mol. The van der Waals surface area contributed by atoms with E-state index in [1.54, 1.807) is 28.4 Å². The van der Waals surface area contributed by atoms with Crippen molar-refractivity contribution in [3.63, 3.8) is 0 Å². The molecule has 1 saturated heterocycles. The van der Waals surface area contributed by atoms with Crippen molar-refractivity contribution in [3.05, 3.63) is 29.8 Å². The van der Waals surface area contributed by atoms with E-state index < -0.39 is 15.6 Å². The van der Waals surface area contributed by atoms with Crippen LogP contribution in [0.15, 0.2) is 29.2 Å². The molecule has 1 aromatic rings. The van der Waals surface area contributed by atoms with E-state index in [9.17, 15) is 13.2 Å². The number of nitrogens with zero attached hydrogens (tertiary/aromatic N) is 2. The number of carbonyl (C=O) groups is 1. The Balaban J connectivity index is 1.70. The molecule has 3 rings (SSSR count). The van der Waals surface area contributed by atoms with E-state index in [-0.39, 0.29) is 24.1 Å². The molecule has 1 heterocycles. The number of hydrogen-bond acceptors (Lipinski definition) is 4. The molecule has 0 aromatic heterocycles. The van der Waals surface area contributed by atoms with Gasteiger partial charge in [0.25, 0.3) is 0 Å². The van der Waals surface area contributed by atoms with E-state index in [1.807, 2.05) is 39.8 Å². The molecule has 1 amide bonds. The Morgan fingerprint density at radius 1 is 1.19 bits per heavy atom. The number of hydrogen-bond donors (Lipinski definition) is 0. The first-order chi connectivity index (χ1) is 12.0. The Hall–Kier alpha value is -1.60. The third-order valence-electron chi connectivity index (χ3n) is 5.26. The van der Waals surface area contributed by atoms with Gasteiger partial charge in [0.05, 0.1) is 4.90 Å². The van der Waals surface area contributed by atoms with Crippen LogP contribution in [0.3, 0.4) is 0 Å². The number of carbonyl (C=O) groups excluding carboxylic acids is 1. The second kappa shape index (κ2) is 6.53. The smallest absolute Gasteiger partial charge is 0.410 e. The molecule has 1 aliphatic carbocycles. The van der Waals surface area contributed by atoms with Gasteiger partial charge >= 0.3 is 6.09 Å². The summed E-state index contributed by atoms with van der Waals surface area (Å²) in [7, 11) is -1.74. The number of ether oxygens (including phenoxy) is 1. The zero-order valence-electron chi connectivity index (χ0n) is 16.1. The molecule has 2 bridgehead atoms. The van der Waals surface area contributed by atoms with Gasteiger partial charge < -0.3 is 9.64 Å². The maximum Gasteiger partial charge on any atom is 0.410 e. The van der Waals surface area contributed by atoms with Crippen LogP contribution >= 0.6 is 0 Å². The topological polar surface area (TPSA) is 66.9 Å². The summed E-state index contributed by atoms with van der Waals surface area (Å²) in [4.78, 5) is 14.3. The minimum absolute atomic E-state index is 0.0271. The van der Waals surface area contributed by atoms with E-state index in [4.69, 9.17) is 4.74 Å². The van der Waals surface area contributed by atoms with Gasteiger partial charge in [0.2, 0.25) is 10.0 Å². The Morgan fingerprint density at radius 2 is 1.81 bits per heavy atom. The lowest BCUT2D eigenvalue weighted by Gasteiger charge is -2.36. The van der Waals surface area contributed by atoms with E-state index in [1.165, 1.54) is 0 Å². The molecule has 1 unspecified atom stereocenters. The lowest BCUT2D eigenvalue weighted by Crippen LogP contribution is -2.49. The Bertz CT molecular complexity index is 783. The summed E-state index contributed by atoms with van der Waals surface area (Å²) in [6, 6.07) is 6.95. The highest BCUT2D eigenvalue weighted by atomic mass is 32.2. The molecule has 144 valence electrons. The molecule has 0 N–H and O–H groups in total. The maximum atomic E-state index is 13.0. The molecule has 0 radical (unpaired) electrons. The van der Waals surface area contributed by atoms with Gasteiger partial charge in [0.15, 0.2) is 0 Å². The lowest BCUT2D eigenvalue weighted by molar-refractivity contribution is 0.0161. The Labute approximate surface area is 156 Å². The number of piperidine rings is 1. The van der Waals surface area contributed by atoms with Crippen molar-refractivity contribution in [2.24, 2.45) is 5.92 Å². The van der Waals surface area contributed by atoms with Crippen LogP contribution in [0.4, 0.5) is 4.79 Å². The fourth-order valence-corrected chi connectivity index (χ4v) is 5.67. The summed E-state index contributed by atoms with van der Waals surface area (Å²) in [6.07, 6.45) is 1.11. The lowest BCUT2D eigenvalue weighted by atomic mass is 10.0. The van der Waals surface area contributed by atoms with Gasteiger partial charge in [-0.15, -0.1) is 0 Å². The molecule has 26 heavy (non-hydrogen) atoms. The second-order valence-electron chi connectivity index (χ2n) is 8.43. The zero-order valence-corrected chi connectivity index (χ0v) is 16.9. The van der Waals surface area contributed by atoms with Gasteiger partial charge in [0.1, 0.15) is 5.60 Å². The van der Waals surface area contributed by atoms with E-state index in [2.05, 4.69) is 0 Å². The fraction of sp³-hybridized carbons (Fsp3) is 0.632. The quantitative estimate of drug-likeness (QED) is 0.808. The first-order valence-corrected chi connectivity index (χ1v) is 10.5. The van der Waals surface area contributed by atoms with E-state index in [0.29, 0.717) is 17.9 Å². The van der Waals surface area contributed by atoms with Gasteiger partial charge in [-0.1, -0.05) is 17.7 Å². The van der Waals surface area contributed by atoms with Crippen LogP contribution in [0.25, 0.3) is 0 Å². The third-order valence-corrected chi connectivity index (χ3v) is 7.19. The Morgan fingerprint density at radius 3 is 2.31 bits per heavy atom. The maximum absolute atomic E-state index is 13.0. The largest absolute Gasteiger partial charge is 0.444 e. The monoisotopic (exact) mass is 380 g/mol. The summed E-state index contributed by atoms with van der Waals surface area (Å²) in [5.74, 6) is 0.151. The van der Waals surface area contributed by atoms with Crippen LogP contribution in [0.5, 0.6) is 0 Å². The van der Waals surface area contributed by atoms with Crippen molar-refractivity contribution in [1.29, 1.82) is 0 Å². The first kappa shape index (κ1) is 19.2. The van der Waals surface area contributed by atoms with Crippen molar-refractivity contribution in [1.82, 2.24) is 9.21 Å². The molecule has 0 spiro atoms. The molecule has 6 nitrogen and oxygen atoms in total. The number of aryl methyl sites for hydroxylation is 1. The molecule has 1 aromatic carbocycles. The number of rotatable bonds is 3. The van der Waals surface area contributed by atoms with E-state index in [0.717, 1.165) is 12.0 Å². The fourth-order valence-electron chi connectivity index (χ4n) is 3.97. The SMILES string of the molecule is Cc1ccc(S(=O)(=O)N2C[C@H]3C[C@@H]2CC3N(C)C(=O)OC(C)(C)C)cc1. The highest BCUT2D eigenvalue weighted by Gasteiger charge is 2.51. The summed E-state index contributed by atoms with van der Waals surface area (Å²) in [5.41, 5.74) is 0.495. The number of benzene rings is 1. The number of fused-ring (bicyclic) bond motifs is 2. The summed E-state index contributed by atoms with van der Waals surface area (Å²) >= 11 is 0. The van der Waals surface area contributed by atoms with Crippen LogP contribution in [-0.2, 0) is 14.8 Å².